The monoisotopic (exact) mass is 388 g/mol. The number of nitrogens with zero attached hydrogens (tertiary/aromatic N) is 1. The van der Waals surface area contributed by atoms with Crippen LogP contribution >= 0.6 is 0 Å². The fourth-order valence-corrected chi connectivity index (χ4v) is 2.33. The molecule has 0 bridgehead atoms. The van der Waals surface area contributed by atoms with E-state index >= 15 is 0 Å². The molecular formula is C18H27F3N4O2. The first-order chi connectivity index (χ1) is 12.8. The van der Waals surface area contributed by atoms with Gasteiger partial charge in [0.25, 0.3) is 0 Å². The van der Waals surface area contributed by atoms with Gasteiger partial charge in [0.2, 0.25) is 5.91 Å². The van der Waals surface area contributed by atoms with E-state index in [9.17, 15) is 18.0 Å². The first-order valence-electron chi connectivity index (χ1n) is 8.65. The highest BCUT2D eigenvalue weighted by molar-refractivity contribution is 5.86. The molecule has 6 nitrogen and oxygen atoms in total. The quantitative estimate of drug-likeness (QED) is 0.344. The Bertz CT molecular complexity index is 621. The van der Waals surface area contributed by atoms with Gasteiger partial charge in [-0.2, -0.15) is 13.2 Å². The lowest BCUT2D eigenvalue weighted by Crippen LogP contribution is -2.44. The molecule has 1 unspecified atom stereocenters. The number of ether oxygens (including phenoxy) is 1. The SMILES string of the molecule is CN=C(NCCC(C)c1cccc(C(F)(F)F)c1)NCC(=O)NCCOC. The molecule has 0 spiro atoms. The number of benzene rings is 1. The Morgan fingerprint density at radius 1 is 1.22 bits per heavy atom. The van der Waals surface area contributed by atoms with Crippen LogP contribution in [0.1, 0.15) is 30.4 Å². The van der Waals surface area contributed by atoms with E-state index in [0.717, 1.165) is 6.07 Å². The lowest BCUT2D eigenvalue weighted by molar-refractivity contribution is -0.137. The Balaban J connectivity index is 2.41. The van der Waals surface area contributed by atoms with Gasteiger partial charge in [0.15, 0.2) is 5.96 Å². The third kappa shape index (κ3) is 8.76. The van der Waals surface area contributed by atoms with E-state index in [1.54, 1.807) is 20.2 Å². The molecule has 0 aromatic heterocycles. The fraction of sp³-hybridized carbons (Fsp3) is 0.556. The highest BCUT2D eigenvalue weighted by atomic mass is 19.4. The number of methoxy groups -OCH3 is 1. The Kier molecular flexibility index (Phi) is 9.63. The van der Waals surface area contributed by atoms with Gasteiger partial charge < -0.3 is 20.7 Å². The van der Waals surface area contributed by atoms with Crippen LogP contribution in [-0.4, -0.2) is 52.3 Å². The first-order valence-corrected chi connectivity index (χ1v) is 8.65. The highest BCUT2D eigenvalue weighted by Gasteiger charge is 2.30. The molecule has 0 fully saturated rings. The van der Waals surface area contributed by atoms with E-state index in [1.807, 2.05) is 6.92 Å². The summed E-state index contributed by atoms with van der Waals surface area (Å²) in [4.78, 5) is 15.6. The number of carbonyl (C=O) groups excluding carboxylic acids is 1. The second kappa shape index (κ2) is 11.4. The van der Waals surface area contributed by atoms with Crippen LogP contribution in [0.4, 0.5) is 13.2 Å². The van der Waals surface area contributed by atoms with Crippen LogP contribution in [0.3, 0.4) is 0 Å². The van der Waals surface area contributed by atoms with Gasteiger partial charge in [-0.1, -0.05) is 25.1 Å². The van der Waals surface area contributed by atoms with Crippen molar-refractivity contribution >= 4 is 11.9 Å². The fourth-order valence-electron chi connectivity index (χ4n) is 2.33. The minimum Gasteiger partial charge on any atom is -0.383 e. The summed E-state index contributed by atoms with van der Waals surface area (Å²) in [5, 5.41) is 8.60. The van der Waals surface area contributed by atoms with Gasteiger partial charge in [0.1, 0.15) is 0 Å². The smallest absolute Gasteiger partial charge is 0.383 e. The molecule has 1 aromatic carbocycles. The second-order valence-electron chi connectivity index (χ2n) is 6.01. The van der Waals surface area contributed by atoms with Gasteiger partial charge in [-0.3, -0.25) is 9.79 Å². The summed E-state index contributed by atoms with van der Waals surface area (Å²) in [6.07, 6.45) is -3.73. The van der Waals surface area contributed by atoms with Gasteiger partial charge in [-0.15, -0.1) is 0 Å². The first kappa shape index (κ1) is 22.8. The number of alkyl halides is 3. The lowest BCUT2D eigenvalue weighted by Gasteiger charge is -2.16. The van der Waals surface area contributed by atoms with Crippen molar-refractivity contribution in [2.45, 2.75) is 25.4 Å². The summed E-state index contributed by atoms with van der Waals surface area (Å²) in [6, 6.07) is 5.36. The Labute approximate surface area is 157 Å². The van der Waals surface area contributed by atoms with Crippen molar-refractivity contribution in [3.8, 4) is 0 Å². The number of nitrogens with one attached hydrogen (secondary N) is 3. The molecular weight excluding hydrogens is 361 g/mol. The molecule has 1 amide bonds. The molecule has 3 N–H and O–H groups in total. The summed E-state index contributed by atoms with van der Waals surface area (Å²) >= 11 is 0. The molecule has 27 heavy (non-hydrogen) atoms. The Morgan fingerprint density at radius 3 is 2.59 bits per heavy atom. The van der Waals surface area contributed by atoms with Crippen molar-refractivity contribution in [3.63, 3.8) is 0 Å². The van der Waals surface area contributed by atoms with Crippen LogP contribution < -0.4 is 16.0 Å². The van der Waals surface area contributed by atoms with E-state index in [1.165, 1.54) is 12.1 Å². The summed E-state index contributed by atoms with van der Waals surface area (Å²) < 4.78 is 43.3. The summed E-state index contributed by atoms with van der Waals surface area (Å²) in [6.45, 7) is 3.30. The van der Waals surface area contributed by atoms with Crippen molar-refractivity contribution < 1.29 is 22.7 Å². The number of hydrogen-bond acceptors (Lipinski definition) is 3. The van der Waals surface area contributed by atoms with Gasteiger partial charge in [0, 0.05) is 27.2 Å². The summed E-state index contributed by atoms with van der Waals surface area (Å²) in [7, 11) is 3.13. The molecule has 0 aliphatic rings. The topological polar surface area (TPSA) is 74.8 Å². The largest absolute Gasteiger partial charge is 0.416 e. The zero-order valence-corrected chi connectivity index (χ0v) is 15.8. The molecule has 152 valence electrons. The maximum atomic E-state index is 12.8. The van der Waals surface area contributed by atoms with Gasteiger partial charge in [-0.05, 0) is 24.0 Å². The average Bonchev–Trinajstić information content (AvgIpc) is 2.64. The summed E-state index contributed by atoms with van der Waals surface area (Å²) in [5.41, 5.74) is -0.0103. The molecule has 1 atom stereocenters. The van der Waals surface area contributed by atoms with Crippen LogP contribution in [0.15, 0.2) is 29.3 Å². The molecule has 0 radical (unpaired) electrons. The van der Waals surface area contributed by atoms with Crippen LogP contribution in [0.2, 0.25) is 0 Å². The molecule has 0 aliphatic heterocycles. The molecule has 1 aromatic rings. The van der Waals surface area contributed by atoms with Crippen LogP contribution in [0.25, 0.3) is 0 Å². The predicted molar refractivity (Wildman–Crippen MR) is 98.7 cm³/mol. The number of amides is 1. The van der Waals surface area contributed by atoms with Crippen LogP contribution in [-0.2, 0) is 15.7 Å². The van der Waals surface area contributed by atoms with E-state index in [4.69, 9.17) is 4.74 Å². The zero-order valence-electron chi connectivity index (χ0n) is 15.8. The molecule has 0 saturated heterocycles. The Hall–Kier alpha value is -2.29. The molecule has 1 rings (SSSR count). The van der Waals surface area contributed by atoms with Gasteiger partial charge in [-0.25, -0.2) is 0 Å². The average molecular weight is 388 g/mol. The third-order valence-corrected chi connectivity index (χ3v) is 3.92. The van der Waals surface area contributed by atoms with E-state index in [0.29, 0.717) is 37.6 Å². The number of hydrogen-bond donors (Lipinski definition) is 3. The summed E-state index contributed by atoms with van der Waals surface area (Å²) in [5.74, 6) is 0.204. The van der Waals surface area contributed by atoms with E-state index in [2.05, 4.69) is 20.9 Å². The second-order valence-corrected chi connectivity index (χ2v) is 6.01. The number of aliphatic imine (C=N–C) groups is 1. The number of carbonyl (C=O) groups is 1. The third-order valence-electron chi connectivity index (χ3n) is 3.92. The highest BCUT2D eigenvalue weighted by Crippen LogP contribution is 2.31. The maximum Gasteiger partial charge on any atom is 0.416 e. The van der Waals surface area contributed by atoms with E-state index in [-0.39, 0.29) is 18.4 Å². The van der Waals surface area contributed by atoms with Crippen molar-refractivity contribution in [1.82, 2.24) is 16.0 Å². The molecule has 0 heterocycles. The number of guanidine groups is 1. The zero-order chi connectivity index (χ0) is 20.3. The van der Waals surface area contributed by atoms with Gasteiger partial charge >= 0.3 is 6.18 Å². The van der Waals surface area contributed by atoms with Crippen molar-refractivity contribution in [1.29, 1.82) is 0 Å². The molecule has 9 heteroatoms. The van der Waals surface area contributed by atoms with Gasteiger partial charge in [0.05, 0.1) is 18.7 Å². The molecule has 0 aliphatic carbocycles. The Morgan fingerprint density at radius 2 is 1.96 bits per heavy atom. The van der Waals surface area contributed by atoms with Crippen LogP contribution in [0, 0.1) is 0 Å². The minimum absolute atomic E-state index is 0.0600. The number of rotatable bonds is 9. The van der Waals surface area contributed by atoms with E-state index < -0.39 is 11.7 Å². The normalized spacial score (nSPS) is 13.2. The number of halogens is 3. The predicted octanol–water partition coefficient (Wildman–Crippen LogP) is 2.13. The van der Waals surface area contributed by atoms with Crippen LogP contribution in [0.5, 0.6) is 0 Å². The maximum absolute atomic E-state index is 12.8. The van der Waals surface area contributed by atoms with Crippen molar-refractivity contribution in [3.05, 3.63) is 35.4 Å². The van der Waals surface area contributed by atoms with Crippen molar-refractivity contribution in [2.75, 3.05) is 40.4 Å². The molecule has 0 saturated carbocycles. The standard InChI is InChI=1S/C18H27F3N4O2/c1-13(14-5-4-6-15(11-14)18(19,20)21)7-8-24-17(22-2)25-12-16(26)23-9-10-27-3/h4-6,11,13H,7-10,12H2,1-3H3,(H,23,26)(H2,22,24,25). The minimum atomic E-state index is -4.34. The van der Waals surface area contributed by atoms with Crippen molar-refractivity contribution in [2.24, 2.45) is 4.99 Å². The lowest BCUT2D eigenvalue weighted by atomic mass is 9.96.